The molecule has 3 nitrogen and oxygen atoms in total. The average Bonchev–Trinajstić information content (AvgIpc) is 3.13. The summed E-state index contributed by atoms with van der Waals surface area (Å²) < 4.78 is 0. The Morgan fingerprint density at radius 3 is 1.76 bits per heavy atom. The Labute approximate surface area is 175 Å². The second-order valence-electron chi connectivity index (χ2n) is 7.27. The van der Waals surface area contributed by atoms with Crippen molar-refractivity contribution in [1.29, 1.82) is 0 Å². The number of hydrogen-bond acceptors (Lipinski definition) is 3. The van der Waals surface area contributed by atoms with Crippen LogP contribution in [0.5, 0.6) is 0 Å². The summed E-state index contributed by atoms with van der Waals surface area (Å²) in [6.45, 7) is 6.22. The van der Waals surface area contributed by atoms with Gasteiger partial charge < -0.3 is 5.73 Å². The van der Waals surface area contributed by atoms with Gasteiger partial charge in [-0.2, -0.15) is 0 Å². The van der Waals surface area contributed by atoms with Crippen LogP contribution in [0.1, 0.15) is 22.3 Å². The van der Waals surface area contributed by atoms with E-state index in [4.69, 9.17) is 15.7 Å². The fourth-order valence-corrected chi connectivity index (χ4v) is 3.98. The summed E-state index contributed by atoms with van der Waals surface area (Å²) in [5.74, 6) is 0.498. The minimum Gasteiger partial charge on any atom is -0.383 e. The molecule has 29 heavy (non-hydrogen) atoms. The zero-order valence-corrected chi connectivity index (χ0v) is 17.6. The van der Waals surface area contributed by atoms with E-state index in [0.717, 1.165) is 32.4 Å². The van der Waals surface area contributed by atoms with Crippen molar-refractivity contribution in [2.75, 3.05) is 0 Å². The van der Waals surface area contributed by atoms with Gasteiger partial charge in [0.15, 0.2) is 0 Å². The highest BCUT2D eigenvalue weighted by Gasteiger charge is 2.15. The van der Waals surface area contributed by atoms with Crippen molar-refractivity contribution in [2.24, 2.45) is 10.7 Å². The number of aliphatic imine (C=N–C) groups is 1. The van der Waals surface area contributed by atoms with E-state index in [1.54, 1.807) is 11.3 Å². The van der Waals surface area contributed by atoms with E-state index in [2.05, 4.69) is 69.3 Å². The van der Waals surface area contributed by atoms with Crippen molar-refractivity contribution in [3.63, 3.8) is 0 Å². The van der Waals surface area contributed by atoms with Gasteiger partial charge >= 0.3 is 0 Å². The van der Waals surface area contributed by atoms with Gasteiger partial charge in [0.2, 0.25) is 0 Å². The van der Waals surface area contributed by atoms with Crippen LogP contribution in [0.3, 0.4) is 0 Å². The topological polar surface area (TPSA) is 51.3 Å². The largest absolute Gasteiger partial charge is 0.383 e. The zero-order valence-electron chi connectivity index (χ0n) is 16.8. The van der Waals surface area contributed by atoms with Crippen LogP contribution in [0.15, 0.2) is 77.8 Å². The molecule has 2 N–H and O–H groups in total. The first-order valence-corrected chi connectivity index (χ1v) is 10.4. The summed E-state index contributed by atoms with van der Waals surface area (Å²) in [5.41, 5.74) is 13.9. The molecule has 3 aromatic carbocycles. The molecule has 0 unspecified atom stereocenters. The summed E-state index contributed by atoms with van der Waals surface area (Å²) >= 11 is 1.57. The molecule has 0 amide bonds. The zero-order chi connectivity index (χ0) is 20.4. The Morgan fingerprint density at radius 2 is 1.21 bits per heavy atom. The number of rotatable bonds is 4. The maximum atomic E-state index is 6.34. The Hall–Kier alpha value is -3.24. The van der Waals surface area contributed by atoms with E-state index in [1.165, 1.54) is 16.7 Å². The van der Waals surface area contributed by atoms with Crippen LogP contribution in [-0.4, -0.2) is 10.8 Å². The molecular weight excluding hydrogens is 374 g/mol. The van der Waals surface area contributed by atoms with Crippen LogP contribution >= 0.6 is 11.3 Å². The normalized spacial score (nSPS) is 11.6. The van der Waals surface area contributed by atoms with Gasteiger partial charge in [-0.1, -0.05) is 101 Å². The van der Waals surface area contributed by atoms with Gasteiger partial charge in [0.1, 0.15) is 21.5 Å². The number of thiazole rings is 1. The Morgan fingerprint density at radius 1 is 0.724 bits per heavy atom. The number of aryl methyl sites for hydroxylation is 3. The number of nitrogens with two attached hydrogens (primary N) is 1. The molecule has 0 radical (unpaired) electrons. The van der Waals surface area contributed by atoms with Gasteiger partial charge in [0, 0.05) is 16.7 Å². The minimum absolute atomic E-state index is 0.498. The van der Waals surface area contributed by atoms with Crippen LogP contribution in [0.2, 0.25) is 0 Å². The van der Waals surface area contributed by atoms with Crippen LogP contribution < -0.4 is 5.73 Å². The molecule has 0 bridgehead atoms. The highest BCUT2D eigenvalue weighted by molar-refractivity contribution is 7.19. The van der Waals surface area contributed by atoms with Crippen LogP contribution in [0.25, 0.3) is 21.8 Å². The highest BCUT2D eigenvalue weighted by Crippen LogP contribution is 2.40. The Balaban J connectivity index is 1.82. The molecule has 0 fully saturated rings. The molecule has 1 aromatic heterocycles. The third kappa shape index (κ3) is 4.28. The van der Waals surface area contributed by atoms with E-state index in [-0.39, 0.29) is 0 Å². The standard InChI is InChI=1S/C25H23N3S/c1-16-4-10-19(11-5-16)22-25(28-23(26)20-12-6-17(2)7-13-20)29-24(27-22)21-14-8-18(3)9-15-21/h4-15H,1-3H3,(H2,26,28). The van der Waals surface area contributed by atoms with Crippen LogP contribution in [0.4, 0.5) is 5.00 Å². The second kappa shape index (κ2) is 8.02. The Bertz CT molecular complexity index is 1150. The highest BCUT2D eigenvalue weighted by atomic mass is 32.1. The van der Waals surface area contributed by atoms with E-state index in [1.807, 2.05) is 24.3 Å². The number of benzene rings is 3. The van der Waals surface area contributed by atoms with Gasteiger partial charge in [0.25, 0.3) is 0 Å². The fraction of sp³-hybridized carbons (Fsp3) is 0.120. The summed E-state index contributed by atoms with van der Waals surface area (Å²) in [6.07, 6.45) is 0. The molecule has 0 spiro atoms. The number of hydrogen-bond donors (Lipinski definition) is 1. The van der Waals surface area contributed by atoms with Crippen LogP contribution in [0, 0.1) is 20.8 Å². The third-order valence-electron chi connectivity index (χ3n) is 4.80. The first-order valence-electron chi connectivity index (χ1n) is 9.56. The molecule has 0 aliphatic heterocycles. The predicted molar refractivity (Wildman–Crippen MR) is 124 cm³/mol. The maximum Gasteiger partial charge on any atom is 0.146 e. The van der Waals surface area contributed by atoms with E-state index in [0.29, 0.717) is 5.84 Å². The monoisotopic (exact) mass is 397 g/mol. The third-order valence-corrected chi connectivity index (χ3v) is 5.80. The first-order chi connectivity index (χ1) is 14.0. The molecule has 4 aromatic rings. The van der Waals surface area contributed by atoms with Crippen molar-refractivity contribution in [3.05, 3.63) is 95.1 Å². The summed E-state index contributed by atoms with van der Waals surface area (Å²) in [5, 5.41) is 1.76. The summed E-state index contributed by atoms with van der Waals surface area (Å²) in [7, 11) is 0. The van der Waals surface area contributed by atoms with Crippen molar-refractivity contribution < 1.29 is 0 Å². The van der Waals surface area contributed by atoms with E-state index in [9.17, 15) is 0 Å². The molecule has 4 rings (SSSR count). The maximum absolute atomic E-state index is 6.34. The number of amidine groups is 1. The Kier molecular flexibility index (Phi) is 5.28. The molecule has 0 saturated heterocycles. The van der Waals surface area contributed by atoms with E-state index >= 15 is 0 Å². The smallest absolute Gasteiger partial charge is 0.146 e. The van der Waals surface area contributed by atoms with Gasteiger partial charge in [-0.3, -0.25) is 0 Å². The van der Waals surface area contributed by atoms with Crippen molar-refractivity contribution >= 4 is 22.2 Å². The van der Waals surface area contributed by atoms with Gasteiger partial charge in [0.05, 0.1) is 0 Å². The second-order valence-corrected chi connectivity index (χ2v) is 8.25. The lowest BCUT2D eigenvalue weighted by Crippen LogP contribution is -2.12. The predicted octanol–water partition coefficient (Wildman–Crippen LogP) is 6.44. The molecule has 4 heteroatoms. The molecule has 0 aliphatic carbocycles. The van der Waals surface area contributed by atoms with Gasteiger partial charge in [-0.05, 0) is 20.8 Å². The van der Waals surface area contributed by atoms with Crippen molar-refractivity contribution in [3.8, 4) is 21.8 Å². The molecule has 0 saturated carbocycles. The molecule has 1 heterocycles. The minimum atomic E-state index is 0.498. The van der Waals surface area contributed by atoms with Gasteiger partial charge in [-0.15, -0.1) is 0 Å². The fourth-order valence-electron chi connectivity index (χ4n) is 3.01. The number of nitrogens with zero attached hydrogens (tertiary/aromatic N) is 2. The van der Waals surface area contributed by atoms with Crippen molar-refractivity contribution in [1.82, 2.24) is 4.98 Å². The summed E-state index contributed by atoms with van der Waals surface area (Å²) in [4.78, 5) is 9.70. The molecule has 0 atom stereocenters. The molecule has 0 aliphatic rings. The average molecular weight is 398 g/mol. The van der Waals surface area contributed by atoms with Crippen LogP contribution in [-0.2, 0) is 0 Å². The quantitative estimate of drug-likeness (QED) is 0.318. The summed E-state index contributed by atoms with van der Waals surface area (Å²) in [6, 6.07) is 24.9. The number of aromatic nitrogens is 1. The van der Waals surface area contributed by atoms with Crippen molar-refractivity contribution in [2.45, 2.75) is 20.8 Å². The molecule has 144 valence electrons. The first kappa shape index (κ1) is 19.1. The molecular formula is C25H23N3S. The van der Waals surface area contributed by atoms with E-state index < -0.39 is 0 Å². The lowest BCUT2D eigenvalue weighted by molar-refractivity contribution is 1.36. The lowest BCUT2D eigenvalue weighted by Gasteiger charge is -2.03. The van der Waals surface area contributed by atoms with Gasteiger partial charge in [-0.25, -0.2) is 9.98 Å². The lowest BCUT2D eigenvalue weighted by atomic mass is 10.1. The SMILES string of the molecule is Cc1ccc(/C(N)=N/c2sc(-c3ccc(C)cc3)nc2-c2ccc(C)cc2)cc1.